The molecule has 2 aromatic carbocycles. The van der Waals surface area contributed by atoms with Crippen molar-refractivity contribution in [3.63, 3.8) is 0 Å². The van der Waals surface area contributed by atoms with Gasteiger partial charge < -0.3 is 15.0 Å². The second-order valence-electron chi connectivity index (χ2n) is 10.4. The van der Waals surface area contributed by atoms with Gasteiger partial charge in [-0.05, 0) is 55.9 Å². The van der Waals surface area contributed by atoms with Crippen LogP contribution < -0.4 is 10.1 Å². The van der Waals surface area contributed by atoms with Crippen LogP contribution in [0.1, 0.15) is 54.2 Å². The number of anilines is 1. The highest BCUT2D eigenvalue weighted by Gasteiger charge is 2.61. The molecule has 3 aromatic rings. The van der Waals surface area contributed by atoms with Crippen molar-refractivity contribution in [2.24, 2.45) is 5.92 Å². The lowest BCUT2D eigenvalue weighted by Gasteiger charge is -2.38. The first kappa shape index (κ1) is 20.3. The minimum absolute atomic E-state index is 0.0772. The first-order valence-corrected chi connectivity index (χ1v) is 11.8. The molecule has 1 amide bonds. The van der Waals surface area contributed by atoms with Gasteiger partial charge in [0.1, 0.15) is 17.1 Å². The fourth-order valence-electron chi connectivity index (χ4n) is 5.97. The zero-order valence-electron chi connectivity index (χ0n) is 19.4. The zero-order chi connectivity index (χ0) is 22.8. The summed E-state index contributed by atoms with van der Waals surface area (Å²) in [6.45, 7) is 5.95. The summed E-state index contributed by atoms with van der Waals surface area (Å²) >= 11 is 0. The number of carbonyl (C=O) groups excluding carboxylic acids is 1. The molecule has 3 heterocycles. The lowest BCUT2D eigenvalue weighted by atomic mass is 9.89. The predicted molar refractivity (Wildman–Crippen MR) is 128 cm³/mol. The summed E-state index contributed by atoms with van der Waals surface area (Å²) in [6, 6.07) is 19.0. The maximum atomic E-state index is 13.7. The van der Waals surface area contributed by atoms with Crippen LogP contribution in [0, 0.1) is 5.92 Å². The fourth-order valence-corrected chi connectivity index (χ4v) is 5.97. The lowest BCUT2D eigenvalue weighted by Crippen LogP contribution is -2.39. The summed E-state index contributed by atoms with van der Waals surface area (Å²) < 4.78 is 7.31. The van der Waals surface area contributed by atoms with Crippen molar-refractivity contribution < 1.29 is 9.53 Å². The first-order chi connectivity index (χ1) is 15.9. The van der Waals surface area contributed by atoms with Gasteiger partial charge in [0.2, 0.25) is 0 Å². The van der Waals surface area contributed by atoms with Gasteiger partial charge in [0.25, 0.3) is 5.91 Å². The number of methoxy groups -OCH3 is 1. The van der Waals surface area contributed by atoms with Gasteiger partial charge >= 0.3 is 0 Å². The first-order valence-electron chi connectivity index (χ1n) is 11.8. The third kappa shape index (κ3) is 3.15. The second kappa shape index (κ2) is 7.11. The third-order valence-electron chi connectivity index (χ3n) is 7.89. The lowest BCUT2D eigenvalue weighted by molar-refractivity contribution is 0.0772. The van der Waals surface area contributed by atoms with Crippen LogP contribution in [0.15, 0.2) is 60.8 Å². The van der Waals surface area contributed by atoms with E-state index < -0.39 is 0 Å². The van der Waals surface area contributed by atoms with Crippen molar-refractivity contribution in [2.75, 3.05) is 25.5 Å². The molecule has 6 rings (SSSR count). The minimum atomic E-state index is -0.183. The average molecular weight is 443 g/mol. The quantitative estimate of drug-likeness (QED) is 0.642. The van der Waals surface area contributed by atoms with Gasteiger partial charge in [-0.1, -0.05) is 42.5 Å². The number of piperidine rings is 1. The van der Waals surface area contributed by atoms with E-state index in [0.717, 1.165) is 37.5 Å². The molecule has 6 nitrogen and oxygen atoms in total. The standard InChI is InChI=1S/C27H30N4O2/c1-26(2)14-23(18-7-5-4-6-8-18)29-24-22(15-28-31(24)26)25(32)30-16-20-13-27(20,17-30)19-9-11-21(33-3)12-10-19/h4-12,15,20,23,29H,13-14,16-17H2,1-3H3/t20?,23-,27?/m1/s1. The van der Waals surface area contributed by atoms with Gasteiger partial charge in [0.05, 0.1) is 24.9 Å². The number of carbonyl (C=O) groups is 1. The number of hydrogen-bond acceptors (Lipinski definition) is 4. The monoisotopic (exact) mass is 442 g/mol. The van der Waals surface area contributed by atoms with Crippen LogP contribution in [-0.2, 0) is 11.0 Å². The number of aromatic nitrogens is 2. The normalized spacial score (nSPS) is 26.8. The number of amides is 1. The molecule has 170 valence electrons. The number of ether oxygens (including phenoxy) is 1. The highest BCUT2D eigenvalue weighted by molar-refractivity contribution is 5.99. The summed E-state index contributed by atoms with van der Waals surface area (Å²) in [5.41, 5.74) is 3.13. The van der Waals surface area contributed by atoms with Crippen molar-refractivity contribution in [3.05, 3.63) is 77.5 Å². The van der Waals surface area contributed by atoms with E-state index in [1.165, 1.54) is 11.1 Å². The van der Waals surface area contributed by atoms with E-state index in [4.69, 9.17) is 4.74 Å². The highest BCUT2D eigenvalue weighted by Crippen LogP contribution is 2.59. The molecule has 6 heteroatoms. The molecule has 2 unspecified atom stereocenters. The Bertz CT molecular complexity index is 1200. The summed E-state index contributed by atoms with van der Waals surface area (Å²) in [7, 11) is 1.69. The van der Waals surface area contributed by atoms with Crippen LogP contribution in [-0.4, -0.2) is 40.8 Å². The maximum absolute atomic E-state index is 13.7. The molecule has 2 fully saturated rings. The topological polar surface area (TPSA) is 59.4 Å². The summed E-state index contributed by atoms with van der Waals surface area (Å²) in [6.07, 6.45) is 3.81. The van der Waals surface area contributed by atoms with Gasteiger partial charge in [-0.15, -0.1) is 0 Å². The number of likely N-dealkylation sites (tertiary alicyclic amines) is 1. The molecule has 33 heavy (non-hydrogen) atoms. The second-order valence-corrected chi connectivity index (χ2v) is 10.4. The molecular weight excluding hydrogens is 412 g/mol. The van der Waals surface area contributed by atoms with Crippen LogP contribution >= 0.6 is 0 Å². The van der Waals surface area contributed by atoms with Crippen LogP contribution in [0.3, 0.4) is 0 Å². The summed E-state index contributed by atoms with van der Waals surface area (Å²) in [4.78, 5) is 15.7. The minimum Gasteiger partial charge on any atom is -0.497 e. The van der Waals surface area contributed by atoms with Crippen molar-refractivity contribution in [2.45, 2.75) is 43.7 Å². The fraction of sp³-hybridized carbons (Fsp3) is 0.407. The van der Waals surface area contributed by atoms with E-state index in [2.05, 4.69) is 60.7 Å². The molecule has 1 saturated carbocycles. The SMILES string of the molecule is COc1ccc(C23CC2CN(C(=O)c2cnn4c2N[C@@H](c2ccccc2)CC4(C)C)C3)cc1. The number of fused-ring (bicyclic) bond motifs is 2. The molecule has 1 saturated heterocycles. The predicted octanol–water partition coefficient (Wildman–Crippen LogP) is 4.60. The van der Waals surface area contributed by atoms with Gasteiger partial charge in [-0.2, -0.15) is 5.10 Å². The average Bonchev–Trinajstić information content (AvgIpc) is 3.17. The Morgan fingerprint density at radius 1 is 1.09 bits per heavy atom. The Morgan fingerprint density at radius 2 is 1.85 bits per heavy atom. The van der Waals surface area contributed by atoms with Crippen molar-refractivity contribution >= 4 is 11.7 Å². The van der Waals surface area contributed by atoms with Crippen molar-refractivity contribution in [1.82, 2.24) is 14.7 Å². The number of rotatable bonds is 4. The number of hydrogen-bond donors (Lipinski definition) is 1. The largest absolute Gasteiger partial charge is 0.497 e. The van der Waals surface area contributed by atoms with Gasteiger partial charge in [0.15, 0.2) is 0 Å². The molecule has 2 aliphatic heterocycles. The molecule has 1 N–H and O–H groups in total. The highest BCUT2D eigenvalue weighted by atomic mass is 16.5. The van der Waals surface area contributed by atoms with Crippen molar-refractivity contribution in [3.8, 4) is 5.75 Å². The zero-order valence-corrected chi connectivity index (χ0v) is 19.4. The Kier molecular flexibility index (Phi) is 4.38. The van der Waals surface area contributed by atoms with Gasteiger partial charge in [0, 0.05) is 18.5 Å². The van der Waals surface area contributed by atoms with Crippen LogP contribution in [0.4, 0.5) is 5.82 Å². The third-order valence-corrected chi connectivity index (χ3v) is 7.89. The van der Waals surface area contributed by atoms with Gasteiger partial charge in [-0.3, -0.25) is 4.79 Å². The summed E-state index contributed by atoms with van der Waals surface area (Å²) in [5.74, 6) is 2.31. The van der Waals surface area contributed by atoms with Gasteiger partial charge in [-0.25, -0.2) is 4.68 Å². The molecular formula is C27H30N4O2. The van der Waals surface area contributed by atoms with E-state index >= 15 is 0 Å². The van der Waals surface area contributed by atoms with Crippen LogP contribution in [0.25, 0.3) is 0 Å². The van der Waals surface area contributed by atoms with Crippen LogP contribution in [0.5, 0.6) is 5.75 Å². The van der Waals surface area contributed by atoms with E-state index in [0.29, 0.717) is 11.5 Å². The molecule has 3 aliphatic rings. The molecule has 1 aromatic heterocycles. The summed E-state index contributed by atoms with van der Waals surface area (Å²) in [5, 5.41) is 8.28. The van der Waals surface area contributed by atoms with E-state index in [9.17, 15) is 4.79 Å². The molecule has 0 spiro atoms. The molecule has 3 atom stereocenters. The maximum Gasteiger partial charge on any atom is 0.259 e. The Hall–Kier alpha value is -3.28. The molecule has 0 bridgehead atoms. The Morgan fingerprint density at radius 3 is 2.58 bits per heavy atom. The molecule has 0 radical (unpaired) electrons. The Balaban J connectivity index is 1.26. The van der Waals surface area contributed by atoms with Crippen molar-refractivity contribution in [1.29, 1.82) is 0 Å². The number of nitrogens with one attached hydrogen (secondary N) is 1. The van der Waals surface area contributed by atoms with E-state index in [1.54, 1.807) is 13.3 Å². The van der Waals surface area contributed by atoms with E-state index in [-0.39, 0.29) is 22.9 Å². The number of benzene rings is 2. The number of nitrogens with zero attached hydrogens (tertiary/aromatic N) is 3. The van der Waals surface area contributed by atoms with Crippen LogP contribution in [0.2, 0.25) is 0 Å². The Labute approximate surface area is 194 Å². The smallest absolute Gasteiger partial charge is 0.259 e. The van der Waals surface area contributed by atoms with E-state index in [1.807, 2.05) is 27.8 Å². The molecule has 1 aliphatic carbocycles.